The summed E-state index contributed by atoms with van der Waals surface area (Å²) in [5.41, 5.74) is 7.30. The molecular weight excluding hydrogens is 321 g/mol. The lowest BCUT2D eigenvalue weighted by atomic mass is 9.97. The Morgan fingerprint density at radius 3 is 2.73 bits per heavy atom. The molecule has 0 radical (unpaired) electrons. The van der Waals surface area contributed by atoms with E-state index >= 15 is 0 Å². The fourth-order valence-corrected chi connectivity index (χ4v) is 2.73. The summed E-state index contributed by atoms with van der Waals surface area (Å²) in [6.45, 7) is 4.19. The zero-order chi connectivity index (χ0) is 11.5. The first-order chi connectivity index (χ1) is 6.94. The molecule has 86 valence electrons. The van der Waals surface area contributed by atoms with Crippen molar-refractivity contribution in [2.45, 2.75) is 38.3 Å². The van der Waals surface area contributed by atoms with Gasteiger partial charge in [0.05, 0.1) is 8.48 Å². The van der Waals surface area contributed by atoms with Crippen molar-refractivity contribution < 1.29 is 4.74 Å². The first-order valence-corrected chi connectivity index (χ1v) is 6.95. The number of methoxy groups -OCH3 is 1. The highest BCUT2D eigenvalue weighted by atomic mass is 127. The van der Waals surface area contributed by atoms with Gasteiger partial charge in [-0.2, -0.15) is 0 Å². The second kappa shape index (κ2) is 5.61. The Hall–Kier alpha value is 0.350. The van der Waals surface area contributed by atoms with Crippen LogP contribution in [0, 0.1) is 2.88 Å². The molecule has 1 aromatic heterocycles. The standard InChI is InChI=1S/C11H18INOS/c1-11(2,14-3)5-4-9(13)8-6-10(12)15-7-8/h6-7,9H,4-5,13H2,1-3H3. The average molecular weight is 339 g/mol. The maximum absolute atomic E-state index is 6.12. The lowest BCUT2D eigenvalue weighted by Crippen LogP contribution is -2.24. The third kappa shape index (κ3) is 4.38. The van der Waals surface area contributed by atoms with Crippen molar-refractivity contribution in [3.8, 4) is 0 Å². The van der Waals surface area contributed by atoms with E-state index in [1.54, 1.807) is 18.4 Å². The van der Waals surface area contributed by atoms with Gasteiger partial charge in [-0.15, -0.1) is 11.3 Å². The minimum absolute atomic E-state index is 0.0687. The van der Waals surface area contributed by atoms with Gasteiger partial charge in [-0.25, -0.2) is 0 Å². The third-order valence-electron chi connectivity index (χ3n) is 2.63. The van der Waals surface area contributed by atoms with E-state index in [1.807, 2.05) is 0 Å². The third-order valence-corrected chi connectivity index (χ3v) is 4.43. The number of halogens is 1. The molecule has 0 aliphatic heterocycles. The van der Waals surface area contributed by atoms with Crippen LogP contribution in [-0.2, 0) is 4.74 Å². The molecule has 1 heterocycles. The Morgan fingerprint density at radius 1 is 1.60 bits per heavy atom. The van der Waals surface area contributed by atoms with Crippen molar-refractivity contribution in [2.24, 2.45) is 5.73 Å². The van der Waals surface area contributed by atoms with Crippen LogP contribution in [0.2, 0.25) is 0 Å². The summed E-state index contributed by atoms with van der Waals surface area (Å²) in [6, 6.07) is 2.30. The molecule has 15 heavy (non-hydrogen) atoms. The van der Waals surface area contributed by atoms with Gasteiger partial charge in [-0.3, -0.25) is 0 Å². The number of hydrogen-bond donors (Lipinski definition) is 1. The van der Waals surface area contributed by atoms with Gasteiger partial charge >= 0.3 is 0 Å². The molecule has 1 unspecified atom stereocenters. The fourth-order valence-electron chi connectivity index (χ4n) is 1.29. The minimum Gasteiger partial charge on any atom is -0.379 e. The molecule has 0 amide bonds. The van der Waals surface area contributed by atoms with Crippen molar-refractivity contribution in [1.82, 2.24) is 0 Å². The van der Waals surface area contributed by atoms with Crippen LogP contribution in [0.25, 0.3) is 0 Å². The van der Waals surface area contributed by atoms with Crippen LogP contribution < -0.4 is 5.73 Å². The van der Waals surface area contributed by atoms with E-state index in [0.29, 0.717) is 0 Å². The molecule has 2 N–H and O–H groups in total. The van der Waals surface area contributed by atoms with Crippen molar-refractivity contribution in [1.29, 1.82) is 0 Å². The van der Waals surface area contributed by atoms with Crippen LogP contribution in [0.1, 0.15) is 38.3 Å². The van der Waals surface area contributed by atoms with Gasteiger partial charge in [-0.1, -0.05) is 0 Å². The monoisotopic (exact) mass is 339 g/mol. The normalized spacial score (nSPS) is 14.2. The largest absolute Gasteiger partial charge is 0.379 e. The van der Waals surface area contributed by atoms with Crippen LogP contribution >= 0.6 is 33.9 Å². The molecule has 1 aromatic rings. The molecule has 1 atom stereocenters. The Balaban J connectivity index is 2.46. The Bertz CT molecular complexity index is 311. The molecule has 2 nitrogen and oxygen atoms in total. The molecule has 0 aliphatic carbocycles. The summed E-state index contributed by atoms with van der Waals surface area (Å²) in [7, 11) is 1.75. The number of hydrogen-bond acceptors (Lipinski definition) is 3. The zero-order valence-electron chi connectivity index (χ0n) is 9.42. The van der Waals surface area contributed by atoms with Gasteiger partial charge in [0.15, 0.2) is 0 Å². The Kier molecular flexibility index (Phi) is 5.02. The summed E-state index contributed by atoms with van der Waals surface area (Å²) in [5.74, 6) is 0. The summed E-state index contributed by atoms with van der Waals surface area (Å²) in [5, 5.41) is 2.15. The van der Waals surface area contributed by atoms with Gasteiger partial charge in [0.1, 0.15) is 0 Å². The molecule has 0 aliphatic rings. The molecular formula is C11H18INOS. The van der Waals surface area contributed by atoms with Gasteiger partial charge in [0.2, 0.25) is 0 Å². The zero-order valence-corrected chi connectivity index (χ0v) is 12.4. The van der Waals surface area contributed by atoms with E-state index in [1.165, 1.54) is 8.45 Å². The molecule has 0 saturated heterocycles. The van der Waals surface area contributed by atoms with Gasteiger partial charge < -0.3 is 10.5 Å². The average Bonchev–Trinajstić information content (AvgIpc) is 2.61. The molecule has 0 spiro atoms. The number of thiophene rings is 1. The molecule has 0 fully saturated rings. The smallest absolute Gasteiger partial charge is 0.0656 e. The second-order valence-corrected chi connectivity index (χ2v) is 7.10. The Morgan fingerprint density at radius 2 is 2.27 bits per heavy atom. The Labute approximate surface area is 109 Å². The van der Waals surface area contributed by atoms with Crippen molar-refractivity contribution >= 4 is 33.9 Å². The molecule has 0 saturated carbocycles. The number of nitrogens with two attached hydrogens (primary N) is 1. The minimum atomic E-state index is -0.0687. The van der Waals surface area contributed by atoms with E-state index in [9.17, 15) is 0 Å². The van der Waals surface area contributed by atoms with Gasteiger partial charge in [0.25, 0.3) is 0 Å². The highest BCUT2D eigenvalue weighted by Crippen LogP contribution is 2.26. The summed E-state index contributed by atoms with van der Waals surface area (Å²) < 4.78 is 6.67. The van der Waals surface area contributed by atoms with Crippen LogP contribution in [0.3, 0.4) is 0 Å². The van der Waals surface area contributed by atoms with E-state index in [2.05, 4.69) is 47.9 Å². The second-order valence-electron chi connectivity index (χ2n) is 4.29. The van der Waals surface area contributed by atoms with E-state index < -0.39 is 0 Å². The summed E-state index contributed by atoms with van der Waals surface area (Å²) >= 11 is 4.07. The van der Waals surface area contributed by atoms with E-state index in [-0.39, 0.29) is 11.6 Å². The van der Waals surface area contributed by atoms with Crippen molar-refractivity contribution in [2.75, 3.05) is 7.11 Å². The maximum Gasteiger partial charge on any atom is 0.0656 e. The number of ether oxygens (including phenoxy) is 1. The number of rotatable bonds is 5. The first kappa shape index (κ1) is 13.4. The molecule has 1 rings (SSSR count). The fraction of sp³-hybridized carbons (Fsp3) is 0.636. The van der Waals surface area contributed by atoms with Gasteiger partial charge in [-0.05, 0) is 66.3 Å². The SMILES string of the molecule is COC(C)(C)CCC(N)c1csc(I)c1. The molecule has 4 heteroatoms. The van der Waals surface area contributed by atoms with Crippen LogP contribution in [0.4, 0.5) is 0 Å². The lowest BCUT2D eigenvalue weighted by Gasteiger charge is -2.24. The lowest BCUT2D eigenvalue weighted by molar-refractivity contribution is 0.0125. The maximum atomic E-state index is 6.12. The molecule has 0 aromatic carbocycles. The summed E-state index contributed by atoms with van der Waals surface area (Å²) in [4.78, 5) is 0. The quantitative estimate of drug-likeness (QED) is 0.833. The highest BCUT2D eigenvalue weighted by Gasteiger charge is 2.18. The van der Waals surface area contributed by atoms with Crippen LogP contribution in [0.5, 0.6) is 0 Å². The first-order valence-electron chi connectivity index (χ1n) is 4.99. The topological polar surface area (TPSA) is 35.2 Å². The highest BCUT2D eigenvalue weighted by molar-refractivity contribution is 14.1. The van der Waals surface area contributed by atoms with Crippen molar-refractivity contribution in [3.63, 3.8) is 0 Å². The van der Waals surface area contributed by atoms with E-state index in [4.69, 9.17) is 10.5 Å². The van der Waals surface area contributed by atoms with Gasteiger partial charge in [0, 0.05) is 13.2 Å². The predicted molar refractivity (Wildman–Crippen MR) is 74.3 cm³/mol. The van der Waals surface area contributed by atoms with Crippen molar-refractivity contribution in [3.05, 3.63) is 19.9 Å². The summed E-state index contributed by atoms with van der Waals surface area (Å²) in [6.07, 6.45) is 1.95. The predicted octanol–water partition coefficient (Wildman–Crippen LogP) is 3.56. The van der Waals surface area contributed by atoms with E-state index in [0.717, 1.165) is 12.8 Å². The van der Waals surface area contributed by atoms with Crippen LogP contribution in [0.15, 0.2) is 11.4 Å². The van der Waals surface area contributed by atoms with Crippen LogP contribution in [-0.4, -0.2) is 12.7 Å². The molecule has 0 bridgehead atoms.